The highest BCUT2D eigenvalue weighted by Crippen LogP contribution is 2.88. The first-order valence-electron chi connectivity index (χ1n) is 23.2. The Labute approximate surface area is 370 Å². The highest BCUT2D eigenvalue weighted by atomic mass is 32.2. The summed E-state index contributed by atoms with van der Waals surface area (Å²) in [4.78, 5) is 62.0. The van der Waals surface area contributed by atoms with Crippen LogP contribution in [-0.4, -0.2) is 91.1 Å². The number of fused-ring (bicyclic) bond motifs is 2. The van der Waals surface area contributed by atoms with Gasteiger partial charge >= 0.3 is 10.2 Å². The van der Waals surface area contributed by atoms with Gasteiger partial charge in [-0.15, -0.1) is 6.58 Å². The van der Waals surface area contributed by atoms with Crippen LogP contribution in [0, 0.1) is 44.8 Å². The Balaban J connectivity index is 0.000000284. The van der Waals surface area contributed by atoms with Crippen LogP contribution in [0.15, 0.2) is 65.9 Å². The molecule has 6 fully saturated rings. The molecule has 12 nitrogen and oxygen atoms in total. The Morgan fingerprint density at radius 3 is 2.18 bits per heavy atom. The predicted molar refractivity (Wildman–Crippen MR) is 244 cm³/mol. The Hall–Kier alpha value is -3.84. The maximum Gasteiger partial charge on any atom is 0.301 e. The monoisotopic (exact) mass is 873 g/mol. The summed E-state index contributed by atoms with van der Waals surface area (Å²) in [5.41, 5.74) is 1.10. The van der Waals surface area contributed by atoms with Gasteiger partial charge in [-0.2, -0.15) is 12.7 Å². The molecule has 3 heterocycles. The van der Waals surface area contributed by atoms with Gasteiger partial charge in [-0.1, -0.05) is 104 Å². The number of carbonyl (C=O) groups excluding carboxylic acids is 4. The second-order valence-electron chi connectivity index (χ2n) is 21.5. The standard InChI is InChI=1S/C37H52N4O4.C12H20N2O2S/c1-23(42)27-21-37(35(5,6)36(37)18-12-19-36)22-41(27)33(45)30(34(2,3)4)40-31(43)28(25-14-8-7-9-15-25)39-32(44)29-26-16-11-10-13-24(26)17-20-38-29;1-4-11-9-12(11,3)10(2)13-17(15,16)14-7-5-6-8-14/h10-11,13,16-17,20,25-30H,7-9,12,14-15,18-19,21-22H2,1-6H3,(H,39,44)(H,40,43);4,11,13H,1-2,5-9H2,3H3/t26?,27?,28?,29?,30-,37-;11-,12-/m11/s1. The van der Waals surface area contributed by atoms with Crippen LogP contribution >= 0.6 is 0 Å². The fourth-order valence-corrected chi connectivity index (χ4v) is 13.7. The minimum Gasteiger partial charge on any atom is -0.342 e. The fourth-order valence-electron chi connectivity index (χ4n) is 12.3. The molecule has 2 saturated heterocycles. The second-order valence-corrected chi connectivity index (χ2v) is 23.1. The number of allylic oxidation sites excluding steroid dienone is 6. The third-order valence-corrected chi connectivity index (χ3v) is 18.4. The summed E-state index contributed by atoms with van der Waals surface area (Å²) in [6.45, 7) is 23.5. The summed E-state index contributed by atoms with van der Waals surface area (Å²) in [5.74, 6) is -0.624. The van der Waals surface area contributed by atoms with E-state index in [0.29, 0.717) is 37.7 Å². The number of amides is 3. The average Bonchev–Trinajstić information content (AvgIpc) is 3.64. The molecular formula is C49H72N6O6S. The fraction of sp³-hybridized carbons (Fsp3) is 0.694. The number of aliphatic imine (C=N–C) groups is 1. The topological polar surface area (TPSA) is 157 Å². The molecule has 3 N–H and O–H groups in total. The number of nitrogens with one attached hydrogen (secondary N) is 3. The molecule has 3 aliphatic heterocycles. The lowest BCUT2D eigenvalue weighted by molar-refractivity contribution is -0.144. The third-order valence-electron chi connectivity index (χ3n) is 16.8. The van der Waals surface area contributed by atoms with Gasteiger partial charge in [-0.05, 0) is 98.0 Å². The number of rotatable bonds is 12. The van der Waals surface area contributed by atoms with E-state index in [0.717, 1.165) is 69.8 Å². The van der Waals surface area contributed by atoms with Crippen LogP contribution < -0.4 is 15.4 Å². The van der Waals surface area contributed by atoms with Gasteiger partial charge in [0.25, 0.3) is 0 Å². The molecular weight excluding hydrogens is 801 g/mol. The molecule has 0 radical (unpaired) electrons. The van der Waals surface area contributed by atoms with Crippen molar-refractivity contribution in [1.29, 1.82) is 0 Å². The van der Waals surface area contributed by atoms with Gasteiger partial charge in [0.15, 0.2) is 5.78 Å². The number of Topliss-reactive ketones (excluding diaryl/α,β-unsaturated/α-hetero) is 1. The first-order chi connectivity index (χ1) is 29.1. The average molecular weight is 873 g/mol. The van der Waals surface area contributed by atoms with Crippen molar-refractivity contribution in [1.82, 2.24) is 24.6 Å². The summed E-state index contributed by atoms with van der Waals surface area (Å²) in [6.07, 6.45) is 25.2. The van der Waals surface area contributed by atoms with Gasteiger partial charge in [0.1, 0.15) is 18.1 Å². The number of hydrogen-bond donors (Lipinski definition) is 3. The van der Waals surface area contributed by atoms with Crippen molar-refractivity contribution >= 4 is 39.9 Å². The molecule has 13 heteroatoms. The maximum atomic E-state index is 14.5. The predicted octanol–water partition coefficient (Wildman–Crippen LogP) is 6.73. The van der Waals surface area contributed by atoms with Crippen molar-refractivity contribution < 1.29 is 27.6 Å². The van der Waals surface area contributed by atoms with Crippen LogP contribution in [0.4, 0.5) is 0 Å². The van der Waals surface area contributed by atoms with Crippen molar-refractivity contribution in [2.24, 2.45) is 49.8 Å². The lowest BCUT2D eigenvalue weighted by Crippen LogP contribution is -2.61. The molecule has 2 spiro atoms. The SMILES string of the molecule is C=C[C@@H]1C[C@]1(C)C(=C)NS(=O)(=O)N1CCCC1.CC(=O)C1C[C@@]2(CN1C(=O)[C@@H](NC(=O)C(NC(=O)C1N=CC=C3C=CC=CC31)C1CCCCC1)C(C)(C)C)C(C)(C)C21CCC1. The molecule has 62 heavy (non-hydrogen) atoms. The molecule has 8 rings (SSSR count). The number of hydrogen-bond acceptors (Lipinski definition) is 7. The molecule has 340 valence electrons. The summed E-state index contributed by atoms with van der Waals surface area (Å²) < 4.78 is 28.2. The smallest absolute Gasteiger partial charge is 0.301 e. The van der Waals surface area contributed by atoms with E-state index >= 15 is 0 Å². The number of ketones is 1. The van der Waals surface area contributed by atoms with Crippen LogP contribution in [0.5, 0.6) is 0 Å². The molecule has 0 aromatic carbocycles. The van der Waals surface area contributed by atoms with Gasteiger partial charge in [-0.25, -0.2) is 0 Å². The molecule has 5 aliphatic carbocycles. The molecule has 3 amide bonds. The van der Waals surface area contributed by atoms with Gasteiger partial charge < -0.3 is 15.5 Å². The van der Waals surface area contributed by atoms with Crippen molar-refractivity contribution in [3.8, 4) is 0 Å². The van der Waals surface area contributed by atoms with Gasteiger partial charge in [0.05, 0.1) is 6.04 Å². The quantitative estimate of drug-likeness (QED) is 0.185. The maximum absolute atomic E-state index is 14.5. The van der Waals surface area contributed by atoms with E-state index in [1.54, 1.807) is 18.0 Å². The molecule has 4 unspecified atom stereocenters. The normalized spacial score (nSPS) is 32.6. The van der Waals surface area contributed by atoms with Crippen molar-refractivity contribution in [2.45, 2.75) is 150 Å². The Morgan fingerprint density at radius 2 is 1.61 bits per heavy atom. The van der Waals surface area contributed by atoms with E-state index in [4.69, 9.17) is 0 Å². The zero-order valence-electron chi connectivity index (χ0n) is 38.3. The minimum absolute atomic E-state index is 0.0109. The first-order valence-corrected chi connectivity index (χ1v) is 24.7. The Kier molecular flexibility index (Phi) is 12.6. The van der Waals surface area contributed by atoms with Gasteiger partial charge in [0, 0.05) is 48.3 Å². The molecule has 4 saturated carbocycles. The zero-order valence-corrected chi connectivity index (χ0v) is 39.1. The van der Waals surface area contributed by atoms with E-state index in [-0.39, 0.29) is 57.0 Å². The summed E-state index contributed by atoms with van der Waals surface area (Å²) in [7, 11) is -3.38. The van der Waals surface area contributed by atoms with Crippen molar-refractivity contribution in [3.63, 3.8) is 0 Å². The highest BCUT2D eigenvalue weighted by Gasteiger charge is 2.85. The zero-order chi connectivity index (χ0) is 45.0. The van der Waals surface area contributed by atoms with E-state index in [1.807, 2.05) is 64.2 Å². The first kappa shape index (κ1) is 46.2. The molecule has 0 aromatic rings. The molecule has 8 atom stereocenters. The lowest BCUT2D eigenvalue weighted by atomic mass is 9.73. The minimum atomic E-state index is -3.38. The molecule has 0 aromatic heterocycles. The van der Waals surface area contributed by atoms with Crippen LogP contribution in [0.25, 0.3) is 0 Å². The van der Waals surface area contributed by atoms with E-state index in [1.165, 1.54) is 10.7 Å². The Bertz CT molecular complexity index is 2060. The van der Waals surface area contributed by atoms with E-state index in [2.05, 4.69) is 47.4 Å². The summed E-state index contributed by atoms with van der Waals surface area (Å²) in [6, 6.07) is -2.73. The van der Waals surface area contributed by atoms with Gasteiger partial charge in [-0.3, -0.25) is 28.9 Å². The molecule has 0 bridgehead atoms. The van der Waals surface area contributed by atoms with Crippen LogP contribution in [0.1, 0.15) is 126 Å². The largest absolute Gasteiger partial charge is 0.342 e. The van der Waals surface area contributed by atoms with E-state index in [9.17, 15) is 27.6 Å². The van der Waals surface area contributed by atoms with Crippen molar-refractivity contribution in [3.05, 3.63) is 60.9 Å². The Morgan fingerprint density at radius 1 is 0.935 bits per heavy atom. The van der Waals surface area contributed by atoms with Crippen LogP contribution in [-0.2, 0) is 29.4 Å². The van der Waals surface area contributed by atoms with Crippen LogP contribution in [0.2, 0.25) is 0 Å². The highest BCUT2D eigenvalue weighted by molar-refractivity contribution is 7.87. The number of carbonyl (C=O) groups is 4. The number of likely N-dealkylation sites (tertiary alicyclic amines) is 1. The van der Waals surface area contributed by atoms with Crippen LogP contribution in [0.3, 0.4) is 0 Å². The number of dihydropyridines is 1. The lowest BCUT2D eigenvalue weighted by Gasteiger charge is -2.38. The summed E-state index contributed by atoms with van der Waals surface area (Å²) >= 11 is 0. The number of nitrogens with zero attached hydrogens (tertiary/aromatic N) is 3. The second kappa shape index (κ2) is 16.9. The van der Waals surface area contributed by atoms with E-state index < -0.39 is 39.8 Å². The molecule has 8 aliphatic rings. The summed E-state index contributed by atoms with van der Waals surface area (Å²) in [5, 5.41) is 6.25. The van der Waals surface area contributed by atoms with Gasteiger partial charge in [0.2, 0.25) is 17.7 Å². The third kappa shape index (κ3) is 8.11. The van der Waals surface area contributed by atoms with Crippen molar-refractivity contribution in [2.75, 3.05) is 19.6 Å².